The Hall–Kier alpha value is -2.45. The molecule has 0 atom stereocenters. The van der Waals surface area contributed by atoms with Crippen molar-refractivity contribution in [3.8, 4) is 5.75 Å². The van der Waals surface area contributed by atoms with Gasteiger partial charge in [-0.25, -0.2) is 12.8 Å². The number of halogens is 1. The largest absolute Gasteiger partial charge is 0.495 e. The van der Waals surface area contributed by atoms with Gasteiger partial charge >= 0.3 is 0 Å². The Morgan fingerprint density at radius 3 is 2.33 bits per heavy atom. The highest BCUT2D eigenvalue weighted by atomic mass is 32.2. The van der Waals surface area contributed by atoms with Gasteiger partial charge in [0.05, 0.1) is 7.11 Å². The predicted molar refractivity (Wildman–Crippen MR) is 115 cm³/mol. The molecule has 8 heteroatoms. The average molecular weight is 437 g/mol. The molecule has 0 aliphatic rings. The van der Waals surface area contributed by atoms with Gasteiger partial charge in [-0.2, -0.15) is 4.31 Å². The van der Waals surface area contributed by atoms with Crippen molar-refractivity contribution in [1.82, 2.24) is 9.62 Å². The second-order valence-electron chi connectivity index (χ2n) is 7.50. The average Bonchev–Trinajstić information content (AvgIpc) is 2.72. The summed E-state index contributed by atoms with van der Waals surface area (Å²) in [5, 5.41) is 2.78. The van der Waals surface area contributed by atoms with Gasteiger partial charge in [-0.3, -0.25) is 4.79 Å². The first-order chi connectivity index (χ1) is 14.1. The number of hydrogen-bond donors (Lipinski definition) is 1. The molecular formula is C22H29FN2O4S. The molecule has 2 aromatic rings. The quantitative estimate of drug-likeness (QED) is 0.652. The summed E-state index contributed by atoms with van der Waals surface area (Å²) in [6, 6.07) is 10.7. The summed E-state index contributed by atoms with van der Waals surface area (Å²) >= 11 is 0. The third-order valence-corrected chi connectivity index (χ3v) is 7.11. The summed E-state index contributed by atoms with van der Waals surface area (Å²) < 4.78 is 46.6. The molecule has 0 bridgehead atoms. The first-order valence-corrected chi connectivity index (χ1v) is 11.2. The minimum Gasteiger partial charge on any atom is -0.495 e. The highest BCUT2D eigenvalue weighted by molar-refractivity contribution is 7.89. The predicted octanol–water partition coefficient (Wildman–Crippen LogP) is 3.57. The smallest absolute Gasteiger partial charge is 0.251 e. The van der Waals surface area contributed by atoms with E-state index in [0.29, 0.717) is 18.7 Å². The summed E-state index contributed by atoms with van der Waals surface area (Å²) in [5.41, 5.74) is 0.0274. The third-order valence-electron chi connectivity index (χ3n) is 5.04. The van der Waals surface area contributed by atoms with E-state index in [1.54, 1.807) is 32.0 Å². The molecule has 0 heterocycles. The molecule has 0 fully saturated rings. The highest BCUT2D eigenvalue weighted by Crippen LogP contribution is 2.28. The van der Waals surface area contributed by atoms with Crippen molar-refractivity contribution < 1.29 is 22.3 Å². The Kier molecular flexibility index (Phi) is 7.60. The molecule has 0 saturated carbocycles. The molecule has 2 rings (SSSR count). The van der Waals surface area contributed by atoms with E-state index in [0.717, 1.165) is 0 Å². The van der Waals surface area contributed by atoms with Gasteiger partial charge in [0.1, 0.15) is 16.5 Å². The van der Waals surface area contributed by atoms with Crippen LogP contribution in [-0.2, 0) is 15.4 Å². The number of methoxy groups -OCH3 is 1. The molecule has 2 aromatic carbocycles. The van der Waals surface area contributed by atoms with Crippen molar-refractivity contribution in [2.75, 3.05) is 26.7 Å². The van der Waals surface area contributed by atoms with Gasteiger partial charge in [0.2, 0.25) is 10.0 Å². The van der Waals surface area contributed by atoms with Crippen LogP contribution in [0.5, 0.6) is 5.75 Å². The molecule has 0 saturated heterocycles. The lowest BCUT2D eigenvalue weighted by atomic mass is 9.84. The molecule has 0 aliphatic carbocycles. The number of sulfonamides is 1. The summed E-state index contributed by atoms with van der Waals surface area (Å²) in [5.74, 6) is -0.614. The standard InChI is InChI=1S/C22H29FN2O4S/c1-6-25(7-2)30(27,28)20-14-16(12-13-19(20)29-5)21(26)24-15-22(3,4)17-10-8-9-11-18(17)23/h8-14H,6-7,15H2,1-5H3,(H,24,26). The van der Waals surface area contributed by atoms with E-state index in [1.807, 2.05) is 13.8 Å². The zero-order chi connectivity index (χ0) is 22.5. The van der Waals surface area contributed by atoms with Crippen molar-refractivity contribution in [2.45, 2.75) is 38.0 Å². The van der Waals surface area contributed by atoms with Crippen LogP contribution in [-0.4, -0.2) is 45.4 Å². The Morgan fingerprint density at radius 1 is 1.13 bits per heavy atom. The minimum atomic E-state index is -3.81. The Morgan fingerprint density at radius 2 is 1.77 bits per heavy atom. The molecule has 0 unspecified atom stereocenters. The topological polar surface area (TPSA) is 75.7 Å². The van der Waals surface area contributed by atoms with Gasteiger partial charge in [0.25, 0.3) is 5.91 Å². The van der Waals surface area contributed by atoms with E-state index in [-0.39, 0.29) is 28.6 Å². The highest BCUT2D eigenvalue weighted by Gasteiger charge is 2.28. The lowest BCUT2D eigenvalue weighted by molar-refractivity contribution is 0.0945. The lowest BCUT2D eigenvalue weighted by Crippen LogP contribution is -2.37. The molecule has 1 N–H and O–H groups in total. The number of amides is 1. The van der Waals surface area contributed by atoms with E-state index >= 15 is 0 Å². The molecule has 30 heavy (non-hydrogen) atoms. The summed E-state index contributed by atoms with van der Waals surface area (Å²) in [7, 11) is -2.43. The van der Waals surface area contributed by atoms with Crippen LogP contribution >= 0.6 is 0 Å². The summed E-state index contributed by atoms with van der Waals surface area (Å²) in [6.45, 7) is 7.93. The normalized spacial score (nSPS) is 12.1. The van der Waals surface area contributed by atoms with Crippen LogP contribution < -0.4 is 10.1 Å². The first-order valence-electron chi connectivity index (χ1n) is 9.79. The number of rotatable bonds is 9. The second-order valence-corrected chi connectivity index (χ2v) is 9.41. The van der Waals surface area contributed by atoms with Crippen LogP contribution in [0.15, 0.2) is 47.4 Å². The van der Waals surface area contributed by atoms with E-state index in [2.05, 4.69) is 5.32 Å². The fourth-order valence-corrected chi connectivity index (χ4v) is 4.87. The van der Waals surface area contributed by atoms with Gasteiger partial charge < -0.3 is 10.1 Å². The van der Waals surface area contributed by atoms with Crippen LogP contribution in [0.25, 0.3) is 0 Å². The van der Waals surface area contributed by atoms with Gasteiger partial charge in [-0.15, -0.1) is 0 Å². The number of carbonyl (C=O) groups excluding carboxylic acids is 1. The SMILES string of the molecule is CCN(CC)S(=O)(=O)c1cc(C(=O)NCC(C)(C)c2ccccc2F)ccc1OC. The number of carbonyl (C=O) groups is 1. The van der Waals surface area contributed by atoms with Crippen molar-refractivity contribution in [3.05, 3.63) is 59.4 Å². The van der Waals surface area contributed by atoms with Gasteiger partial charge in [0, 0.05) is 30.6 Å². The molecule has 0 aliphatic heterocycles. The van der Waals surface area contributed by atoms with Crippen molar-refractivity contribution in [2.24, 2.45) is 0 Å². The maximum absolute atomic E-state index is 14.1. The van der Waals surface area contributed by atoms with Crippen LogP contribution in [0.4, 0.5) is 4.39 Å². The Balaban J connectivity index is 2.30. The van der Waals surface area contributed by atoms with E-state index in [1.165, 1.54) is 35.7 Å². The Bertz CT molecular complexity index is 1000. The maximum Gasteiger partial charge on any atom is 0.251 e. The maximum atomic E-state index is 14.1. The zero-order valence-electron chi connectivity index (χ0n) is 18.0. The van der Waals surface area contributed by atoms with Gasteiger partial charge in [-0.05, 0) is 29.8 Å². The lowest BCUT2D eigenvalue weighted by Gasteiger charge is -2.26. The third kappa shape index (κ3) is 4.99. The molecular weight excluding hydrogens is 407 g/mol. The van der Waals surface area contributed by atoms with Crippen molar-refractivity contribution in [3.63, 3.8) is 0 Å². The molecule has 6 nitrogen and oxygen atoms in total. The summed E-state index contributed by atoms with van der Waals surface area (Å²) in [6.07, 6.45) is 0. The van der Waals surface area contributed by atoms with E-state index < -0.39 is 21.3 Å². The molecule has 0 spiro atoms. The van der Waals surface area contributed by atoms with E-state index in [9.17, 15) is 17.6 Å². The first kappa shape index (κ1) is 23.8. The number of hydrogen-bond acceptors (Lipinski definition) is 4. The molecule has 0 radical (unpaired) electrons. The van der Waals surface area contributed by atoms with Crippen molar-refractivity contribution in [1.29, 1.82) is 0 Å². The fraction of sp³-hybridized carbons (Fsp3) is 0.409. The minimum absolute atomic E-state index is 0.0604. The van der Waals surface area contributed by atoms with Gasteiger partial charge in [0.15, 0.2) is 0 Å². The Labute approximate surface area is 178 Å². The zero-order valence-corrected chi connectivity index (χ0v) is 18.8. The molecule has 164 valence electrons. The second kappa shape index (κ2) is 9.57. The van der Waals surface area contributed by atoms with Gasteiger partial charge in [-0.1, -0.05) is 45.9 Å². The van der Waals surface area contributed by atoms with Crippen molar-refractivity contribution >= 4 is 15.9 Å². The fourth-order valence-electron chi connectivity index (χ4n) is 3.23. The van der Waals surface area contributed by atoms with Crippen LogP contribution in [0.1, 0.15) is 43.6 Å². The van der Waals surface area contributed by atoms with E-state index in [4.69, 9.17) is 4.74 Å². The van der Waals surface area contributed by atoms with Crippen LogP contribution in [0.3, 0.4) is 0 Å². The summed E-state index contributed by atoms with van der Waals surface area (Å²) in [4.78, 5) is 12.7. The molecule has 0 aromatic heterocycles. The number of nitrogens with zero attached hydrogens (tertiary/aromatic N) is 1. The molecule has 1 amide bonds. The number of benzene rings is 2. The number of ether oxygens (including phenoxy) is 1. The monoisotopic (exact) mass is 436 g/mol. The van der Waals surface area contributed by atoms with Crippen LogP contribution in [0, 0.1) is 5.82 Å². The van der Waals surface area contributed by atoms with Crippen LogP contribution in [0.2, 0.25) is 0 Å². The number of nitrogens with one attached hydrogen (secondary N) is 1.